The quantitative estimate of drug-likeness (QED) is 0.802. The number of sulfonamides is 1. The molecule has 0 aliphatic heterocycles. The lowest BCUT2D eigenvalue weighted by Gasteiger charge is -2.23. The minimum Gasteiger partial charge on any atom is -0.484 e. The molecule has 2 rings (SSSR count). The van der Waals surface area contributed by atoms with Crippen molar-refractivity contribution in [2.24, 2.45) is 0 Å². The highest BCUT2D eigenvalue weighted by atomic mass is 32.2. The maximum Gasteiger partial charge on any atom is 0.235 e. The second kappa shape index (κ2) is 6.73. The van der Waals surface area contributed by atoms with Gasteiger partial charge in [0.05, 0.1) is 5.25 Å². The summed E-state index contributed by atoms with van der Waals surface area (Å²) < 4.78 is 33.2. The van der Waals surface area contributed by atoms with Crippen LogP contribution in [-0.2, 0) is 10.0 Å². The predicted octanol–water partition coefficient (Wildman–Crippen LogP) is 4.10. The summed E-state index contributed by atoms with van der Waals surface area (Å²) in [6, 6.07) is 7.00. The third-order valence-corrected chi connectivity index (χ3v) is 5.85. The van der Waals surface area contributed by atoms with Crippen LogP contribution in [0.25, 0.3) is 0 Å². The number of hydrogen-bond donors (Lipinski definition) is 1. The van der Waals surface area contributed by atoms with Crippen molar-refractivity contribution in [3.05, 3.63) is 36.9 Å². The predicted molar refractivity (Wildman–Crippen MR) is 90.8 cm³/mol. The summed E-state index contributed by atoms with van der Waals surface area (Å²) in [5.41, 5.74) is 0.123. The highest BCUT2D eigenvalue weighted by molar-refractivity contribution is 7.93. The first-order chi connectivity index (χ1) is 10.3. The molecule has 1 aliphatic rings. The fourth-order valence-corrected chi connectivity index (χ4v) is 4.14. The Kier molecular flexibility index (Phi) is 5.16. The van der Waals surface area contributed by atoms with Gasteiger partial charge in [-0.3, -0.25) is 4.72 Å². The summed E-state index contributed by atoms with van der Waals surface area (Å²) in [5.74, 6) is 0.686. The zero-order valence-corrected chi connectivity index (χ0v) is 14.2. The average molecular weight is 323 g/mol. The molecule has 1 fully saturated rings. The first-order valence-corrected chi connectivity index (χ1v) is 9.31. The first kappa shape index (κ1) is 16.9. The zero-order valence-electron chi connectivity index (χ0n) is 13.3. The Morgan fingerprint density at radius 2 is 1.77 bits per heavy atom. The van der Waals surface area contributed by atoms with E-state index in [1.807, 2.05) is 13.8 Å². The van der Waals surface area contributed by atoms with Crippen LogP contribution in [0.2, 0.25) is 0 Å². The number of hydrogen-bond acceptors (Lipinski definition) is 3. The van der Waals surface area contributed by atoms with Crippen molar-refractivity contribution in [1.82, 2.24) is 0 Å². The molecule has 0 radical (unpaired) electrons. The molecule has 1 saturated carbocycles. The van der Waals surface area contributed by atoms with Crippen LogP contribution in [0.1, 0.15) is 46.0 Å². The van der Waals surface area contributed by atoms with Crippen LogP contribution < -0.4 is 9.46 Å². The monoisotopic (exact) mass is 323 g/mol. The van der Waals surface area contributed by atoms with Gasteiger partial charge in [-0.2, -0.15) is 0 Å². The van der Waals surface area contributed by atoms with E-state index in [-0.39, 0.29) is 5.25 Å². The Hall–Kier alpha value is -1.49. The van der Waals surface area contributed by atoms with Crippen molar-refractivity contribution in [3.63, 3.8) is 0 Å². The van der Waals surface area contributed by atoms with Crippen LogP contribution in [0.15, 0.2) is 36.9 Å². The topological polar surface area (TPSA) is 55.4 Å². The molecule has 0 unspecified atom stereocenters. The Morgan fingerprint density at radius 1 is 1.18 bits per heavy atom. The normalized spacial score (nSPS) is 17.0. The summed E-state index contributed by atoms with van der Waals surface area (Å²) >= 11 is 0. The third kappa shape index (κ3) is 4.50. The van der Waals surface area contributed by atoms with E-state index < -0.39 is 15.6 Å². The minimum atomic E-state index is -3.30. The fraction of sp³-hybridized carbons (Fsp3) is 0.529. The molecule has 4 nitrogen and oxygen atoms in total. The summed E-state index contributed by atoms with van der Waals surface area (Å²) in [5, 5.41) is -0.267. The van der Waals surface area contributed by atoms with Gasteiger partial charge < -0.3 is 4.74 Å². The Labute approximate surface area is 133 Å². The molecule has 0 amide bonds. The Balaban J connectivity index is 2.03. The standard InChI is InChI=1S/C17H25NO3S/c1-4-17(2,3)21-15-12-10-14(11-13-15)18-22(19,20)16-8-6-5-7-9-16/h4,10-13,16,18H,1,5-9H2,2-3H3. The van der Waals surface area contributed by atoms with Crippen LogP contribution in [0.4, 0.5) is 5.69 Å². The lowest BCUT2D eigenvalue weighted by atomic mass is 10.0. The highest BCUT2D eigenvalue weighted by Gasteiger charge is 2.27. The molecule has 1 aromatic rings. The van der Waals surface area contributed by atoms with Gasteiger partial charge in [-0.25, -0.2) is 8.42 Å². The van der Waals surface area contributed by atoms with Gasteiger partial charge in [-0.05, 0) is 57.0 Å². The third-order valence-electron chi connectivity index (χ3n) is 3.98. The van der Waals surface area contributed by atoms with Crippen molar-refractivity contribution >= 4 is 15.7 Å². The molecule has 0 atom stereocenters. The molecule has 0 aromatic heterocycles. The molecule has 1 N–H and O–H groups in total. The number of ether oxygens (including phenoxy) is 1. The average Bonchev–Trinajstić information content (AvgIpc) is 2.50. The SMILES string of the molecule is C=CC(C)(C)Oc1ccc(NS(=O)(=O)C2CCCCC2)cc1. The lowest BCUT2D eigenvalue weighted by molar-refractivity contribution is 0.162. The lowest BCUT2D eigenvalue weighted by Crippen LogP contribution is -2.29. The minimum absolute atomic E-state index is 0.267. The summed E-state index contributed by atoms with van der Waals surface area (Å²) in [6.45, 7) is 7.56. The second-order valence-corrected chi connectivity index (χ2v) is 8.30. The Morgan fingerprint density at radius 3 is 2.32 bits per heavy atom. The summed E-state index contributed by atoms with van der Waals surface area (Å²) in [6.07, 6.45) is 6.36. The van der Waals surface area contributed by atoms with Crippen LogP contribution in [0.3, 0.4) is 0 Å². The van der Waals surface area contributed by atoms with Gasteiger partial charge in [0.2, 0.25) is 10.0 Å². The molecular formula is C17H25NO3S. The largest absolute Gasteiger partial charge is 0.484 e. The maximum absolute atomic E-state index is 12.4. The van der Waals surface area contributed by atoms with Crippen molar-refractivity contribution in [2.75, 3.05) is 4.72 Å². The van der Waals surface area contributed by atoms with Gasteiger partial charge in [0.15, 0.2) is 0 Å². The van der Waals surface area contributed by atoms with E-state index in [1.165, 1.54) is 0 Å². The molecule has 0 heterocycles. The van der Waals surface area contributed by atoms with Gasteiger partial charge in [-0.15, -0.1) is 0 Å². The van der Waals surface area contributed by atoms with Crippen molar-refractivity contribution in [3.8, 4) is 5.75 Å². The van der Waals surface area contributed by atoms with Crippen LogP contribution in [-0.4, -0.2) is 19.3 Å². The van der Waals surface area contributed by atoms with E-state index >= 15 is 0 Å². The highest BCUT2D eigenvalue weighted by Crippen LogP contribution is 2.26. The van der Waals surface area contributed by atoms with E-state index in [0.29, 0.717) is 11.4 Å². The molecule has 122 valence electrons. The fourth-order valence-electron chi connectivity index (χ4n) is 2.56. The molecule has 0 bridgehead atoms. The van der Waals surface area contributed by atoms with E-state index in [9.17, 15) is 8.42 Å². The van der Waals surface area contributed by atoms with Crippen molar-refractivity contribution in [2.45, 2.75) is 56.8 Å². The van der Waals surface area contributed by atoms with Crippen molar-refractivity contribution < 1.29 is 13.2 Å². The first-order valence-electron chi connectivity index (χ1n) is 7.77. The molecular weight excluding hydrogens is 298 g/mol. The van der Waals surface area contributed by atoms with Gasteiger partial charge in [0.1, 0.15) is 11.4 Å². The molecule has 0 saturated heterocycles. The second-order valence-electron chi connectivity index (χ2n) is 6.34. The van der Waals surface area contributed by atoms with Crippen LogP contribution in [0, 0.1) is 0 Å². The molecule has 22 heavy (non-hydrogen) atoms. The van der Waals surface area contributed by atoms with Crippen LogP contribution >= 0.6 is 0 Å². The molecule has 1 aliphatic carbocycles. The number of rotatable bonds is 6. The molecule has 0 spiro atoms. The maximum atomic E-state index is 12.4. The van der Waals surface area contributed by atoms with E-state index in [2.05, 4.69) is 11.3 Å². The number of nitrogens with one attached hydrogen (secondary N) is 1. The summed E-state index contributed by atoms with van der Waals surface area (Å²) in [7, 11) is -3.30. The van der Waals surface area contributed by atoms with Gasteiger partial charge in [0.25, 0.3) is 0 Å². The number of anilines is 1. The van der Waals surface area contributed by atoms with Gasteiger partial charge in [0, 0.05) is 5.69 Å². The van der Waals surface area contributed by atoms with E-state index in [1.54, 1.807) is 30.3 Å². The molecule has 5 heteroatoms. The van der Waals surface area contributed by atoms with Gasteiger partial charge >= 0.3 is 0 Å². The number of benzene rings is 1. The smallest absolute Gasteiger partial charge is 0.235 e. The summed E-state index contributed by atoms with van der Waals surface area (Å²) in [4.78, 5) is 0. The van der Waals surface area contributed by atoms with Crippen LogP contribution in [0.5, 0.6) is 5.75 Å². The Bertz CT molecular complexity index is 599. The van der Waals surface area contributed by atoms with E-state index in [4.69, 9.17) is 4.74 Å². The zero-order chi connectivity index (χ0) is 16.2. The van der Waals surface area contributed by atoms with Gasteiger partial charge in [-0.1, -0.05) is 25.8 Å². The van der Waals surface area contributed by atoms with E-state index in [0.717, 1.165) is 32.1 Å². The molecule has 1 aromatic carbocycles. The van der Waals surface area contributed by atoms with Crippen molar-refractivity contribution in [1.29, 1.82) is 0 Å².